The third-order valence-corrected chi connectivity index (χ3v) is 2.79. The summed E-state index contributed by atoms with van der Waals surface area (Å²) >= 11 is 0. The van der Waals surface area contributed by atoms with Gasteiger partial charge in [-0.1, -0.05) is 0 Å². The van der Waals surface area contributed by atoms with Gasteiger partial charge in [-0.2, -0.15) is 5.10 Å². The van der Waals surface area contributed by atoms with E-state index in [9.17, 15) is 10.1 Å². The van der Waals surface area contributed by atoms with Gasteiger partial charge in [0.2, 0.25) is 5.82 Å². The monoisotopic (exact) mass is 270 g/mol. The average molecular weight is 270 g/mol. The Hall–Kier alpha value is -1.63. The van der Waals surface area contributed by atoms with Gasteiger partial charge in [0.25, 0.3) is 0 Å². The highest BCUT2D eigenvalue weighted by molar-refractivity contribution is 5.59. The molecule has 0 fully saturated rings. The summed E-state index contributed by atoms with van der Waals surface area (Å²) in [6.07, 6.45) is 1.82. The molecule has 1 rings (SSSR count). The van der Waals surface area contributed by atoms with Gasteiger partial charge in [-0.25, -0.2) is 4.68 Å². The zero-order chi connectivity index (χ0) is 14.4. The molecule has 0 amide bonds. The summed E-state index contributed by atoms with van der Waals surface area (Å²) in [5.41, 5.74) is 0.513. The molecule has 0 aliphatic carbocycles. The molecule has 0 radical (unpaired) electrons. The molecule has 108 valence electrons. The second kappa shape index (κ2) is 7.08. The lowest BCUT2D eigenvalue weighted by atomic mass is 10.3. The third-order valence-electron chi connectivity index (χ3n) is 2.79. The van der Waals surface area contributed by atoms with Crippen molar-refractivity contribution >= 4 is 11.5 Å². The molecule has 1 N–H and O–H groups in total. The highest BCUT2D eigenvalue weighted by atomic mass is 16.6. The van der Waals surface area contributed by atoms with E-state index < -0.39 is 0 Å². The second-order valence-electron chi connectivity index (χ2n) is 4.70. The van der Waals surface area contributed by atoms with E-state index in [1.54, 1.807) is 18.7 Å². The summed E-state index contributed by atoms with van der Waals surface area (Å²) in [5, 5.41) is 18.5. The van der Waals surface area contributed by atoms with Crippen LogP contribution in [0.15, 0.2) is 0 Å². The van der Waals surface area contributed by atoms with Gasteiger partial charge < -0.3 is 10.1 Å². The highest BCUT2D eigenvalue weighted by Crippen LogP contribution is 2.30. The van der Waals surface area contributed by atoms with E-state index in [1.165, 1.54) is 0 Å². The minimum atomic E-state index is -0.376. The second-order valence-corrected chi connectivity index (χ2v) is 4.70. The number of ether oxygens (including phenoxy) is 1. The third kappa shape index (κ3) is 3.92. The standard InChI is InChI=1S/C12H22N4O3/c1-9(2)15-12(13-7-5-6-8-19-4)11(16(17)18)10(3)14-15/h9,13H,5-8H2,1-4H3. The van der Waals surface area contributed by atoms with Gasteiger partial charge in [0, 0.05) is 26.3 Å². The quantitative estimate of drug-likeness (QED) is 0.446. The number of nitro groups is 1. The Kier molecular flexibility index (Phi) is 5.75. The van der Waals surface area contributed by atoms with Crippen molar-refractivity contribution in [3.8, 4) is 0 Å². The number of aromatic nitrogens is 2. The van der Waals surface area contributed by atoms with Crippen LogP contribution in [0.5, 0.6) is 0 Å². The fraction of sp³-hybridized carbons (Fsp3) is 0.750. The molecule has 7 nitrogen and oxygen atoms in total. The van der Waals surface area contributed by atoms with Crippen molar-refractivity contribution in [1.29, 1.82) is 0 Å². The molecule has 1 heterocycles. The largest absolute Gasteiger partial charge is 0.385 e. The number of anilines is 1. The van der Waals surface area contributed by atoms with Crippen LogP contribution in [0.1, 0.15) is 38.4 Å². The SMILES string of the molecule is COCCCCNc1c([N+](=O)[O-])c(C)nn1C(C)C. The summed E-state index contributed by atoms with van der Waals surface area (Å²) < 4.78 is 6.64. The van der Waals surface area contributed by atoms with Crippen LogP contribution < -0.4 is 5.32 Å². The van der Waals surface area contributed by atoms with Crippen molar-refractivity contribution in [3.63, 3.8) is 0 Å². The van der Waals surface area contributed by atoms with Gasteiger partial charge in [0.05, 0.1) is 4.92 Å². The van der Waals surface area contributed by atoms with Crippen LogP contribution in [0.2, 0.25) is 0 Å². The summed E-state index contributed by atoms with van der Waals surface area (Å²) in [5.74, 6) is 0.495. The van der Waals surface area contributed by atoms with Crippen molar-refractivity contribution < 1.29 is 9.66 Å². The Morgan fingerprint density at radius 2 is 2.16 bits per heavy atom. The molecule has 0 bridgehead atoms. The Morgan fingerprint density at radius 3 is 2.68 bits per heavy atom. The van der Waals surface area contributed by atoms with Crippen molar-refractivity contribution in [3.05, 3.63) is 15.8 Å². The Labute approximate surface area is 113 Å². The summed E-state index contributed by atoms with van der Waals surface area (Å²) in [6.45, 7) is 6.93. The van der Waals surface area contributed by atoms with Crippen LogP contribution in [0, 0.1) is 17.0 Å². The number of hydrogen-bond acceptors (Lipinski definition) is 5. The fourth-order valence-electron chi connectivity index (χ4n) is 1.87. The minimum Gasteiger partial charge on any atom is -0.385 e. The van der Waals surface area contributed by atoms with Gasteiger partial charge in [0.15, 0.2) is 0 Å². The first-order valence-corrected chi connectivity index (χ1v) is 6.45. The van der Waals surface area contributed by atoms with E-state index in [-0.39, 0.29) is 16.7 Å². The van der Waals surface area contributed by atoms with Crippen LogP contribution in [0.25, 0.3) is 0 Å². The maximum Gasteiger partial charge on any atom is 0.333 e. The highest BCUT2D eigenvalue weighted by Gasteiger charge is 2.25. The molecule has 0 aromatic carbocycles. The lowest BCUT2D eigenvalue weighted by molar-refractivity contribution is -0.384. The lowest BCUT2D eigenvalue weighted by Crippen LogP contribution is -2.12. The maximum atomic E-state index is 11.1. The molecule has 0 unspecified atom stereocenters. The molecule has 0 atom stereocenters. The van der Waals surface area contributed by atoms with E-state index in [0.29, 0.717) is 24.7 Å². The van der Waals surface area contributed by atoms with Gasteiger partial charge in [0.1, 0.15) is 5.69 Å². The Bertz CT molecular complexity index is 429. The first kappa shape index (κ1) is 15.4. The van der Waals surface area contributed by atoms with Gasteiger partial charge in [-0.05, 0) is 33.6 Å². The normalized spacial score (nSPS) is 11.0. The van der Waals surface area contributed by atoms with Crippen molar-refractivity contribution in [2.75, 3.05) is 25.6 Å². The predicted molar refractivity (Wildman–Crippen MR) is 73.6 cm³/mol. The molecule has 0 saturated heterocycles. The molecule has 0 aliphatic heterocycles. The van der Waals surface area contributed by atoms with Crippen molar-refractivity contribution in [2.24, 2.45) is 0 Å². The minimum absolute atomic E-state index is 0.0699. The summed E-state index contributed by atoms with van der Waals surface area (Å²) in [4.78, 5) is 10.7. The maximum absolute atomic E-state index is 11.1. The molecule has 7 heteroatoms. The van der Waals surface area contributed by atoms with E-state index in [2.05, 4.69) is 10.4 Å². The Morgan fingerprint density at radius 1 is 1.47 bits per heavy atom. The molecule has 1 aromatic rings. The summed E-state index contributed by atoms with van der Waals surface area (Å²) in [7, 11) is 1.66. The number of rotatable bonds is 8. The molecule has 0 aliphatic rings. The number of methoxy groups -OCH3 is 1. The van der Waals surface area contributed by atoms with E-state index >= 15 is 0 Å². The molecule has 0 spiro atoms. The fourth-order valence-corrected chi connectivity index (χ4v) is 1.87. The zero-order valence-electron chi connectivity index (χ0n) is 12.0. The van der Waals surface area contributed by atoms with Gasteiger partial charge >= 0.3 is 5.69 Å². The van der Waals surface area contributed by atoms with E-state index in [0.717, 1.165) is 12.8 Å². The van der Waals surface area contributed by atoms with Crippen LogP contribution in [0.3, 0.4) is 0 Å². The molecule has 1 aromatic heterocycles. The number of unbranched alkanes of at least 4 members (excludes halogenated alkanes) is 1. The smallest absolute Gasteiger partial charge is 0.333 e. The topological polar surface area (TPSA) is 82.2 Å². The molecule has 19 heavy (non-hydrogen) atoms. The molecule has 0 saturated carbocycles. The first-order chi connectivity index (χ1) is 8.99. The average Bonchev–Trinajstić information content (AvgIpc) is 2.66. The van der Waals surface area contributed by atoms with Crippen molar-refractivity contribution in [1.82, 2.24) is 9.78 Å². The van der Waals surface area contributed by atoms with E-state index in [4.69, 9.17) is 4.74 Å². The van der Waals surface area contributed by atoms with Crippen molar-refractivity contribution in [2.45, 2.75) is 39.7 Å². The van der Waals surface area contributed by atoms with Crippen LogP contribution in [-0.4, -0.2) is 35.0 Å². The Balaban J connectivity index is 2.81. The van der Waals surface area contributed by atoms with Crippen LogP contribution in [-0.2, 0) is 4.74 Å². The van der Waals surface area contributed by atoms with Gasteiger partial charge in [-0.3, -0.25) is 10.1 Å². The number of nitrogens with zero attached hydrogens (tertiary/aromatic N) is 3. The zero-order valence-corrected chi connectivity index (χ0v) is 12.0. The summed E-state index contributed by atoms with van der Waals surface area (Å²) in [6, 6.07) is 0.0777. The predicted octanol–water partition coefficient (Wildman–Crippen LogP) is 2.52. The molecular weight excluding hydrogens is 248 g/mol. The van der Waals surface area contributed by atoms with E-state index in [1.807, 2.05) is 13.8 Å². The van der Waals surface area contributed by atoms with Crippen LogP contribution >= 0.6 is 0 Å². The first-order valence-electron chi connectivity index (χ1n) is 6.45. The van der Waals surface area contributed by atoms with Gasteiger partial charge in [-0.15, -0.1) is 0 Å². The number of aryl methyl sites for hydroxylation is 1. The lowest BCUT2D eigenvalue weighted by Gasteiger charge is -2.11. The number of hydrogen-bond donors (Lipinski definition) is 1. The van der Waals surface area contributed by atoms with Crippen LogP contribution in [0.4, 0.5) is 11.5 Å². The number of nitrogens with one attached hydrogen (secondary N) is 1. The molecular formula is C12H22N4O3.